The first-order valence-corrected chi connectivity index (χ1v) is 5.07. The molecule has 5 fully saturated rings. The maximum Gasteiger partial charge on any atom is -0.0123 e. The second-order valence-corrected chi connectivity index (χ2v) is 4.99. The largest absolute Gasteiger partial charge is 0.0617 e. The van der Waals surface area contributed by atoms with E-state index in [0.29, 0.717) is 0 Å². The fourth-order valence-corrected chi connectivity index (χ4v) is 4.56. The lowest BCUT2D eigenvalue weighted by atomic mass is 10.0. The molecule has 6 aliphatic carbocycles. The van der Waals surface area contributed by atoms with Gasteiger partial charge in [-0.2, -0.15) is 0 Å². The summed E-state index contributed by atoms with van der Waals surface area (Å²) in [7, 11) is 0. The van der Waals surface area contributed by atoms with Crippen molar-refractivity contribution in [3.05, 3.63) is 35.5 Å². The Labute approximate surface area is 71.7 Å². The highest BCUT2D eigenvalue weighted by molar-refractivity contribution is 5.58. The van der Waals surface area contributed by atoms with E-state index < -0.39 is 0 Å². The molecule has 0 aliphatic heterocycles. The zero-order chi connectivity index (χ0) is 7.45. The van der Waals surface area contributed by atoms with Crippen LogP contribution in [0.3, 0.4) is 0 Å². The first-order chi connectivity index (χ1) is 5.98. The predicted octanol–water partition coefficient (Wildman–Crippen LogP) is 2.16. The van der Waals surface area contributed by atoms with E-state index in [1.54, 1.807) is 5.57 Å². The lowest BCUT2D eigenvalue weighted by molar-refractivity contribution is 0.434. The molecule has 0 saturated heterocycles. The summed E-state index contributed by atoms with van der Waals surface area (Å²) >= 11 is 0. The first kappa shape index (κ1) is 5.06. The monoisotopic (exact) mass is 154 g/mol. The Bertz CT molecular complexity index is 336. The number of allylic oxidation sites excluding steroid dienone is 6. The molecule has 6 rings (SSSR count). The molecule has 0 nitrogen and oxygen atoms in total. The van der Waals surface area contributed by atoms with Gasteiger partial charge in [-0.3, -0.25) is 0 Å². The zero-order valence-electron chi connectivity index (χ0n) is 6.77. The Morgan fingerprint density at radius 1 is 0.750 bits per heavy atom. The van der Waals surface area contributed by atoms with Crippen molar-refractivity contribution >= 4 is 0 Å². The summed E-state index contributed by atoms with van der Waals surface area (Å²) in [5.41, 5.74) is 3.45. The lowest BCUT2D eigenvalue weighted by Gasteiger charge is -2.03. The van der Waals surface area contributed by atoms with E-state index >= 15 is 0 Å². The van der Waals surface area contributed by atoms with Gasteiger partial charge in [-0.05, 0) is 41.1 Å². The van der Waals surface area contributed by atoms with Gasteiger partial charge >= 0.3 is 0 Å². The fourth-order valence-electron chi connectivity index (χ4n) is 4.56. The van der Waals surface area contributed by atoms with Crippen molar-refractivity contribution in [3.63, 3.8) is 0 Å². The molecule has 5 saturated carbocycles. The van der Waals surface area contributed by atoms with Crippen molar-refractivity contribution in [3.8, 4) is 0 Å². The van der Waals surface area contributed by atoms with Crippen LogP contribution >= 0.6 is 0 Å². The standard InChI is InChI=1S/C12H10/c1-2-4-5(3-1)6-7-9-10(7)12-8(6)11(9)12/h1-4,7-12H. The van der Waals surface area contributed by atoms with Gasteiger partial charge in [0.2, 0.25) is 0 Å². The molecular weight excluding hydrogens is 144 g/mol. The zero-order valence-corrected chi connectivity index (χ0v) is 6.77. The van der Waals surface area contributed by atoms with Gasteiger partial charge < -0.3 is 0 Å². The smallest absolute Gasteiger partial charge is 0.0123 e. The molecule has 0 N–H and O–H groups in total. The van der Waals surface area contributed by atoms with Crippen LogP contribution < -0.4 is 0 Å². The minimum atomic E-state index is 1.08. The van der Waals surface area contributed by atoms with E-state index in [0.717, 1.165) is 11.8 Å². The van der Waals surface area contributed by atoms with Crippen LogP contribution in [0.25, 0.3) is 0 Å². The third kappa shape index (κ3) is 0.292. The summed E-state index contributed by atoms with van der Waals surface area (Å²) < 4.78 is 0. The van der Waals surface area contributed by atoms with Crippen molar-refractivity contribution in [2.24, 2.45) is 35.5 Å². The molecule has 0 atom stereocenters. The average molecular weight is 154 g/mol. The van der Waals surface area contributed by atoms with E-state index in [1.165, 1.54) is 23.7 Å². The van der Waals surface area contributed by atoms with Crippen LogP contribution in [-0.4, -0.2) is 0 Å². The molecule has 0 spiro atoms. The third-order valence-electron chi connectivity index (χ3n) is 4.87. The van der Waals surface area contributed by atoms with Gasteiger partial charge in [0.25, 0.3) is 0 Å². The molecular formula is C12H10. The molecule has 0 unspecified atom stereocenters. The Kier molecular flexibility index (Phi) is 0.494. The van der Waals surface area contributed by atoms with E-state index in [1.807, 2.05) is 5.57 Å². The molecule has 12 heavy (non-hydrogen) atoms. The minimum absolute atomic E-state index is 1.08. The van der Waals surface area contributed by atoms with E-state index in [-0.39, 0.29) is 0 Å². The van der Waals surface area contributed by atoms with Crippen LogP contribution in [0.4, 0.5) is 0 Å². The topological polar surface area (TPSA) is 0 Å². The summed E-state index contributed by atoms with van der Waals surface area (Å²) in [6.45, 7) is 0. The minimum Gasteiger partial charge on any atom is -0.0617 e. The number of rotatable bonds is 0. The number of hydrogen-bond donors (Lipinski definition) is 0. The summed E-state index contributed by atoms with van der Waals surface area (Å²) in [5.74, 6) is 6.89. The average Bonchev–Trinajstić information content (AvgIpc) is 2.65. The first-order valence-electron chi connectivity index (χ1n) is 5.07. The van der Waals surface area contributed by atoms with Crippen LogP contribution in [0.5, 0.6) is 0 Å². The quantitative estimate of drug-likeness (QED) is 0.501. The second kappa shape index (κ2) is 1.17. The summed E-state index contributed by atoms with van der Waals surface area (Å²) in [6, 6.07) is 0. The highest BCUT2D eigenvalue weighted by Gasteiger charge is 2.90. The molecule has 6 aliphatic rings. The van der Waals surface area contributed by atoms with Gasteiger partial charge in [0, 0.05) is 0 Å². The Hall–Kier alpha value is -0.780. The Morgan fingerprint density at radius 2 is 1.25 bits per heavy atom. The molecule has 0 heterocycles. The van der Waals surface area contributed by atoms with Gasteiger partial charge in [-0.25, -0.2) is 0 Å². The third-order valence-corrected chi connectivity index (χ3v) is 4.87. The predicted molar refractivity (Wildman–Crippen MR) is 46.2 cm³/mol. The Balaban J connectivity index is 1.81. The second-order valence-electron chi connectivity index (χ2n) is 4.99. The maximum absolute atomic E-state index is 2.31. The lowest BCUT2D eigenvalue weighted by Crippen LogP contribution is -2.00. The van der Waals surface area contributed by atoms with Crippen LogP contribution in [0.1, 0.15) is 0 Å². The van der Waals surface area contributed by atoms with E-state index in [9.17, 15) is 0 Å². The van der Waals surface area contributed by atoms with Crippen LogP contribution in [0.15, 0.2) is 35.5 Å². The molecule has 58 valence electrons. The molecule has 0 radical (unpaired) electrons. The van der Waals surface area contributed by atoms with E-state index in [2.05, 4.69) is 24.3 Å². The molecule has 0 aromatic carbocycles. The molecule has 0 heteroatoms. The van der Waals surface area contributed by atoms with Crippen LogP contribution in [-0.2, 0) is 0 Å². The van der Waals surface area contributed by atoms with Crippen molar-refractivity contribution < 1.29 is 0 Å². The molecule has 0 aromatic heterocycles. The Morgan fingerprint density at radius 3 is 1.75 bits per heavy atom. The molecule has 2 bridgehead atoms. The van der Waals surface area contributed by atoms with Crippen molar-refractivity contribution in [1.82, 2.24) is 0 Å². The van der Waals surface area contributed by atoms with Crippen LogP contribution in [0, 0.1) is 35.5 Å². The molecule has 0 amide bonds. The van der Waals surface area contributed by atoms with Crippen molar-refractivity contribution in [1.29, 1.82) is 0 Å². The van der Waals surface area contributed by atoms with Gasteiger partial charge in [-0.15, -0.1) is 0 Å². The summed E-state index contributed by atoms with van der Waals surface area (Å²) in [5, 5.41) is 0. The van der Waals surface area contributed by atoms with E-state index in [4.69, 9.17) is 0 Å². The highest BCUT2D eigenvalue weighted by atomic mass is 14.9. The summed E-state index contributed by atoms with van der Waals surface area (Å²) in [6.07, 6.45) is 8.99. The highest BCUT2D eigenvalue weighted by Crippen LogP contribution is 2.94. The van der Waals surface area contributed by atoms with Gasteiger partial charge in [-0.1, -0.05) is 29.9 Å². The fraction of sp³-hybridized carbons (Fsp3) is 0.500. The van der Waals surface area contributed by atoms with Crippen molar-refractivity contribution in [2.45, 2.75) is 0 Å². The maximum atomic E-state index is 2.31. The van der Waals surface area contributed by atoms with Crippen LogP contribution in [0.2, 0.25) is 0 Å². The van der Waals surface area contributed by atoms with Gasteiger partial charge in [0.05, 0.1) is 0 Å². The van der Waals surface area contributed by atoms with Crippen molar-refractivity contribution in [2.75, 3.05) is 0 Å². The SMILES string of the molecule is C1=CC(=C2C3C4C3C3C2C43)C=C1. The number of hydrogen-bond acceptors (Lipinski definition) is 0. The van der Waals surface area contributed by atoms with Gasteiger partial charge in [0.1, 0.15) is 0 Å². The molecule has 0 aromatic rings. The normalized spacial score (nSPS) is 65.3. The van der Waals surface area contributed by atoms with Gasteiger partial charge in [0.15, 0.2) is 0 Å². The summed E-state index contributed by atoms with van der Waals surface area (Å²) in [4.78, 5) is 0.